The number of rotatable bonds is 5. The van der Waals surface area contributed by atoms with Crippen molar-refractivity contribution in [1.29, 1.82) is 0 Å². The second-order valence-electron chi connectivity index (χ2n) is 3.90. The lowest BCUT2D eigenvalue weighted by Crippen LogP contribution is -2.27. The van der Waals surface area contributed by atoms with Gasteiger partial charge in [-0.25, -0.2) is 0 Å². The molecule has 1 amide bonds. The van der Waals surface area contributed by atoms with Gasteiger partial charge in [-0.1, -0.05) is 6.92 Å². The lowest BCUT2D eigenvalue weighted by molar-refractivity contribution is 0.0887. The molecule has 4 nitrogen and oxygen atoms in total. The number of hydrogen-bond donors (Lipinski definition) is 2. The van der Waals surface area contributed by atoms with E-state index in [1.165, 1.54) is 11.3 Å². The standard InChI is InChI=1S/C13H15NO3S/c1-2-10-3-4-12(17-10)13(16)14-7-11(15)9-5-6-18-8-9/h3-6,8,11,15H,2,7H2,1H3,(H,14,16). The van der Waals surface area contributed by atoms with Crippen molar-refractivity contribution in [2.24, 2.45) is 0 Å². The van der Waals surface area contributed by atoms with Gasteiger partial charge in [-0.3, -0.25) is 4.79 Å². The first kappa shape index (κ1) is 12.9. The second-order valence-corrected chi connectivity index (χ2v) is 4.68. The van der Waals surface area contributed by atoms with Crippen LogP contribution in [0.3, 0.4) is 0 Å². The van der Waals surface area contributed by atoms with Crippen molar-refractivity contribution >= 4 is 17.2 Å². The summed E-state index contributed by atoms with van der Waals surface area (Å²) < 4.78 is 5.33. The van der Waals surface area contributed by atoms with E-state index in [-0.39, 0.29) is 18.2 Å². The van der Waals surface area contributed by atoms with Crippen LogP contribution in [0.4, 0.5) is 0 Å². The number of aliphatic hydroxyl groups is 1. The molecule has 0 bridgehead atoms. The Hall–Kier alpha value is -1.59. The predicted molar refractivity (Wildman–Crippen MR) is 69.7 cm³/mol. The minimum absolute atomic E-state index is 0.178. The van der Waals surface area contributed by atoms with Crippen molar-refractivity contribution in [3.8, 4) is 0 Å². The third kappa shape index (κ3) is 3.00. The van der Waals surface area contributed by atoms with Gasteiger partial charge in [0.2, 0.25) is 0 Å². The maximum Gasteiger partial charge on any atom is 0.287 e. The van der Waals surface area contributed by atoms with E-state index in [4.69, 9.17) is 4.42 Å². The van der Waals surface area contributed by atoms with E-state index in [0.717, 1.165) is 17.7 Å². The maximum absolute atomic E-state index is 11.7. The fraction of sp³-hybridized carbons (Fsp3) is 0.308. The Morgan fingerprint density at radius 3 is 2.94 bits per heavy atom. The second kappa shape index (κ2) is 5.84. The normalized spacial score (nSPS) is 12.3. The van der Waals surface area contributed by atoms with Crippen molar-refractivity contribution in [2.75, 3.05) is 6.54 Å². The summed E-state index contributed by atoms with van der Waals surface area (Å²) in [6, 6.07) is 5.26. The quantitative estimate of drug-likeness (QED) is 0.872. The van der Waals surface area contributed by atoms with Crippen molar-refractivity contribution in [2.45, 2.75) is 19.4 Å². The summed E-state index contributed by atoms with van der Waals surface area (Å²) in [6.45, 7) is 2.14. The molecule has 0 spiro atoms. The van der Waals surface area contributed by atoms with Crippen LogP contribution in [0.5, 0.6) is 0 Å². The van der Waals surface area contributed by atoms with Gasteiger partial charge in [0.1, 0.15) is 5.76 Å². The zero-order valence-corrected chi connectivity index (χ0v) is 10.9. The molecule has 0 saturated carbocycles. The smallest absolute Gasteiger partial charge is 0.287 e. The Kier molecular flexibility index (Phi) is 4.17. The van der Waals surface area contributed by atoms with Crippen LogP contribution in [0, 0.1) is 0 Å². The Labute approximate surface area is 109 Å². The molecule has 0 saturated heterocycles. The lowest BCUT2D eigenvalue weighted by atomic mass is 10.2. The van der Waals surface area contributed by atoms with Crippen LogP contribution in [-0.4, -0.2) is 17.6 Å². The topological polar surface area (TPSA) is 62.5 Å². The number of furan rings is 1. The molecule has 0 radical (unpaired) electrons. The minimum Gasteiger partial charge on any atom is -0.456 e. The molecule has 0 aliphatic rings. The van der Waals surface area contributed by atoms with Crippen LogP contribution in [-0.2, 0) is 6.42 Å². The summed E-state index contributed by atoms with van der Waals surface area (Å²) in [5.74, 6) is 0.756. The number of carbonyl (C=O) groups is 1. The summed E-state index contributed by atoms with van der Waals surface area (Å²) in [7, 11) is 0. The van der Waals surface area contributed by atoms with Gasteiger partial charge < -0.3 is 14.8 Å². The van der Waals surface area contributed by atoms with Gasteiger partial charge in [-0.15, -0.1) is 0 Å². The van der Waals surface area contributed by atoms with Crippen LogP contribution in [0.25, 0.3) is 0 Å². The van der Waals surface area contributed by atoms with Gasteiger partial charge in [0.05, 0.1) is 6.10 Å². The zero-order valence-electron chi connectivity index (χ0n) is 10.1. The van der Waals surface area contributed by atoms with Gasteiger partial charge >= 0.3 is 0 Å². The fourth-order valence-corrected chi connectivity index (χ4v) is 2.26. The maximum atomic E-state index is 11.7. The minimum atomic E-state index is -0.680. The highest BCUT2D eigenvalue weighted by Gasteiger charge is 2.13. The van der Waals surface area contributed by atoms with Crippen molar-refractivity contribution in [1.82, 2.24) is 5.32 Å². The zero-order chi connectivity index (χ0) is 13.0. The molecule has 2 heterocycles. The number of amides is 1. The summed E-state index contributed by atoms with van der Waals surface area (Å²) in [5.41, 5.74) is 0.814. The average Bonchev–Trinajstić information content (AvgIpc) is 3.05. The van der Waals surface area contributed by atoms with E-state index < -0.39 is 6.10 Å². The molecular weight excluding hydrogens is 250 g/mol. The molecule has 0 aliphatic carbocycles. The van der Waals surface area contributed by atoms with Gasteiger partial charge in [-0.05, 0) is 34.5 Å². The highest BCUT2D eigenvalue weighted by molar-refractivity contribution is 7.07. The van der Waals surface area contributed by atoms with Crippen molar-refractivity contribution in [3.05, 3.63) is 46.0 Å². The lowest BCUT2D eigenvalue weighted by Gasteiger charge is -2.09. The number of nitrogens with one attached hydrogen (secondary N) is 1. The summed E-state index contributed by atoms with van der Waals surface area (Å²) in [4.78, 5) is 11.7. The number of thiophene rings is 1. The van der Waals surface area contributed by atoms with E-state index in [1.807, 2.05) is 23.8 Å². The molecule has 2 aromatic rings. The molecule has 1 unspecified atom stereocenters. The molecule has 2 aromatic heterocycles. The Balaban J connectivity index is 1.88. The Bertz CT molecular complexity index is 504. The van der Waals surface area contributed by atoms with Crippen molar-refractivity contribution < 1.29 is 14.3 Å². The number of aliphatic hydroxyl groups excluding tert-OH is 1. The van der Waals surface area contributed by atoms with Crippen LogP contribution in [0.2, 0.25) is 0 Å². The molecule has 0 fully saturated rings. The van der Waals surface area contributed by atoms with Gasteiger partial charge in [0, 0.05) is 13.0 Å². The number of carbonyl (C=O) groups excluding carboxylic acids is 1. The predicted octanol–water partition coefficient (Wildman–Crippen LogP) is 2.37. The average molecular weight is 265 g/mol. The first-order valence-corrected chi connectivity index (χ1v) is 6.72. The third-order valence-electron chi connectivity index (χ3n) is 2.62. The molecule has 1 atom stereocenters. The highest BCUT2D eigenvalue weighted by atomic mass is 32.1. The Morgan fingerprint density at radius 1 is 1.50 bits per heavy atom. The monoisotopic (exact) mass is 265 g/mol. The van der Waals surface area contributed by atoms with E-state index in [1.54, 1.807) is 12.1 Å². The first-order chi connectivity index (χ1) is 8.70. The highest BCUT2D eigenvalue weighted by Crippen LogP contribution is 2.15. The van der Waals surface area contributed by atoms with E-state index in [0.29, 0.717) is 0 Å². The Morgan fingerprint density at radius 2 is 2.33 bits per heavy atom. The molecule has 2 N–H and O–H groups in total. The molecule has 96 valence electrons. The van der Waals surface area contributed by atoms with Crippen LogP contribution in [0.1, 0.15) is 34.9 Å². The van der Waals surface area contributed by atoms with Crippen LogP contribution < -0.4 is 5.32 Å². The molecule has 0 aliphatic heterocycles. The van der Waals surface area contributed by atoms with Gasteiger partial charge in [0.25, 0.3) is 5.91 Å². The number of aryl methyl sites for hydroxylation is 1. The summed E-state index contributed by atoms with van der Waals surface area (Å²) in [6.07, 6.45) is 0.0750. The fourth-order valence-electron chi connectivity index (χ4n) is 1.55. The molecule has 2 rings (SSSR count). The van der Waals surface area contributed by atoms with Crippen molar-refractivity contribution in [3.63, 3.8) is 0 Å². The largest absolute Gasteiger partial charge is 0.456 e. The summed E-state index contributed by atoms with van der Waals surface area (Å²) >= 11 is 1.51. The number of hydrogen-bond acceptors (Lipinski definition) is 4. The van der Waals surface area contributed by atoms with Gasteiger partial charge in [0.15, 0.2) is 5.76 Å². The first-order valence-electron chi connectivity index (χ1n) is 5.77. The van der Waals surface area contributed by atoms with Crippen LogP contribution >= 0.6 is 11.3 Å². The SMILES string of the molecule is CCc1ccc(C(=O)NCC(O)c2ccsc2)o1. The van der Waals surface area contributed by atoms with E-state index >= 15 is 0 Å². The van der Waals surface area contributed by atoms with Gasteiger partial charge in [-0.2, -0.15) is 11.3 Å². The third-order valence-corrected chi connectivity index (χ3v) is 3.32. The van der Waals surface area contributed by atoms with E-state index in [2.05, 4.69) is 5.32 Å². The molecule has 0 aromatic carbocycles. The molecular formula is C13H15NO3S. The van der Waals surface area contributed by atoms with E-state index in [9.17, 15) is 9.90 Å². The molecule has 18 heavy (non-hydrogen) atoms. The summed E-state index contributed by atoms with van der Waals surface area (Å²) in [5, 5.41) is 16.2. The van der Waals surface area contributed by atoms with Crippen LogP contribution in [0.15, 0.2) is 33.4 Å². The molecule has 5 heteroatoms.